The number of thioether (sulfide) groups is 1. The van der Waals surface area contributed by atoms with E-state index in [0.717, 1.165) is 11.8 Å². The summed E-state index contributed by atoms with van der Waals surface area (Å²) >= 11 is 6.37. The molecule has 0 unspecified atom stereocenters. The highest BCUT2D eigenvalue weighted by Gasteiger charge is 2.33. The first-order chi connectivity index (χ1) is 13.4. The van der Waals surface area contributed by atoms with E-state index in [4.69, 9.17) is 17.0 Å². The summed E-state index contributed by atoms with van der Waals surface area (Å²) in [5, 5.41) is 11.2. The summed E-state index contributed by atoms with van der Waals surface area (Å²) in [7, 11) is 0. The van der Waals surface area contributed by atoms with Crippen LogP contribution < -0.4 is 4.90 Å². The Kier molecular flexibility index (Phi) is 5.86. The highest BCUT2D eigenvalue weighted by molar-refractivity contribution is 8.27. The maximum atomic E-state index is 12.8. The van der Waals surface area contributed by atoms with Gasteiger partial charge in [-0.05, 0) is 43.3 Å². The van der Waals surface area contributed by atoms with Crippen LogP contribution in [0.1, 0.15) is 22.8 Å². The van der Waals surface area contributed by atoms with Crippen molar-refractivity contribution in [2.45, 2.75) is 6.92 Å². The zero-order valence-corrected chi connectivity index (χ0v) is 16.3. The van der Waals surface area contributed by atoms with Gasteiger partial charge in [0, 0.05) is 6.07 Å². The standard InChI is InChI=1S/C19H14N2O5S2/c1-2-26-18(23)12-7-9-14(10-8-12)20-17(22)16(28-19(20)27)11-13-5-3-4-6-15(13)21(24)25/h3-11H,2H2,1H3/b16-11-. The number of amides is 1. The van der Waals surface area contributed by atoms with Gasteiger partial charge in [-0.25, -0.2) is 4.79 Å². The molecule has 0 N–H and O–H groups in total. The van der Waals surface area contributed by atoms with Crippen LogP contribution in [0.4, 0.5) is 11.4 Å². The summed E-state index contributed by atoms with van der Waals surface area (Å²) in [4.78, 5) is 36.8. The van der Waals surface area contributed by atoms with Crippen LogP contribution in [-0.2, 0) is 9.53 Å². The molecule has 28 heavy (non-hydrogen) atoms. The Morgan fingerprint density at radius 1 is 1.25 bits per heavy atom. The third kappa shape index (κ3) is 3.95. The number of benzene rings is 2. The third-order valence-corrected chi connectivity index (χ3v) is 5.15. The van der Waals surface area contributed by atoms with Crippen LogP contribution in [0.5, 0.6) is 0 Å². The molecular formula is C19H14N2O5S2. The van der Waals surface area contributed by atoms with Gasteiger partial charge in [0.25, 0.3) is 11.6 Å². The normalized spacial score (nSPS) is 15.2. The lowest BCUT2D eigenvalue weighted by Gasteiger charge is -2.14. The van der Waals surface area contributed by atoms with Crippen molar-refractivity contribution >= 4 is 57.6 Å². The van der Waals surface area contributed by atoms with E-state index in [1.807, 2.05) is 0 Å². The van der Waals surface area contributed by atoms with Crippen LogP contribution in [0, 0.1) is 10.1 Å². The number of nitrogens with zero attached hydrogens (tertiary/aromatic N) is 2. The van der Waals surface area contributed by atoms with Crippen molar-refractivity contribution in [3.05, 3.63) is 74.7 Å². The van der Waals surface area contributed by atoms with Crippen molar-refractivity contribution in [1.82, 2.24) is 0 Å². The topological polar surface area (TPSA) is 89.8 Å². The number of carbonyl (C=O) groups is 2. The van der Waals surface area contributed by atoms with Crippen LogP contribution >= 0.6 is 24.0 Å². The third-order valence-electron chi connectivity index (χ3n) is 3.85. The van der Waals surface area contributed by atoms with Gasteiger partial charge in [-0.15, -0.1) is 0 Å². The van der Waals surface area contributed by atoms with Crippen molar-refractivity contribution < 1.29 is 19.2 Å². The van der Waals surface area contributed by atoms with Gasteiger partial charge in [-0.1, -0.05) is 36.1 Å². The molecule has 2 aromatic carbocycles. The number of carbonyl (C=O) groups excluding carboxylic acids is 2. The first-order valence-corrected chi connectivity index (χ1v) is 9.43. The molecule has 0 atom stereocenters. The van der Waals surface area contributed by atoms with E-state index < -0.39 is 10.9 Å². The maximum absolute atomic E-state index is 12.8. The Morgan fingerprint density at radius 2 is 1.93 bits per heavy atom. The number of hydrogen-bond donors (Lipinski definition) is 0. The Hall–Kier alpha value is -3.04. The molecule has 1 aliphatic rings. The largest absolute Gasteiger partial charge is 0.462 e. The highest BCUT2D eigenvalue weighted by atomic mass is 32.2. The molecule has 7 nitrogen and oxygen atoms in total. The van der Waals surface area contributed by atoms with E-state index in [9.17, 15) is 19.7 Å². The molecule has 1 heterocycles. The minimum atomic E-state index is -0.499. The molecule has 0 saturated carbocycles. The summed E-state index contributed by atoms with van der Waals surface area (Å²) in [5.74, 6) is -0.826. The minimum absolute atomic E-state index is 0.0912. The van der Waals surface area contributed by atoms with Crippen molar-refractivity contribution in [3.8, 4) is 0 Å². The number of anilines is 1. The maximum Gasteiger partial charge on any atom is 0.338 e. The van der Waals surface area contributed by atoms with Gasteiger partial charge < -0.3 is 4.74 Å². The van der Waals surface area contributed by atoms with Gasteiger partial charge in [-0.3, -0.25) is 19.8 Å². The number of ether oxygens (including phenoxy) is 1. The first kappa shape index (κ1) is 19.7. The fourth-order valence-electron chi connectivity index (χ4n) is 2.57. The SMILES string of the molecule is CCOC(=O)c1ccc(N2C(=O)/C(=C/c3ccccc3[N+](=O)[O-])SC2=S)cc1. The van der Waals surface area contributed by atoms with Crippen LogP contribution in [0.2, 0.25) is 0 Å². The number of nitro benzene ring substituents is 1. The Bertz CT molecular complexity index is 1000. The van der Waals surface area contributed by atoms with Gasteiger partial charge in [0.15, 0.2) is 4.32 Å². The molecule has 0 radical (unpaired) electrons. The van der Waals surface area contributed by atoms with E-state index in [2.05, 4.69) is 0 Å². The van der Waals surface area contributed by atoms with Crippen molar-refractivity contribution in [2.75, 3.05) is 11.5 Å². The second kappa shape index (κ2) is 8.32. The average molecular weight is 414 g/mol. The van der Waals surface area contributed by atoms with Crippen LogP contribution in [0.15, 0.2) is 53.4 Å². The minimum Gasteiger partial charge on any atom is -0.462 e. The Labute approximate surface area is 170 Å². The number of nitro groups is 1. The lowest BCUT2D eigenvalue weighted by atomic mass is 10.1. The monoisotopic (exact) mass is 414 g/mol. The lowest BCUT2D eigenvalue weighted by Crippen LogP contribution is -2.27. The number of hydrogen-bond acceptors (Lipinski definition) is 7. The Morgan fingerprint density at radius 3 is 2.57 bits per heavy atom. The summed E-state index contributed by atoms with van der Waals surface area (Å²) in [6.07, 6.45) is 1.46. The molecule has 2 aromatic rings. The second-order valence-corrected chi connectivity index (χ2v) is 7.28. The molecule has 9 heteroatoms. The fraction of sp³-hybridized carbons (Fsp3) is 0.105. The highest BCUT2D eigenvalue weighted by Crippen LogP contribution is 2.37. The van der Waals surface area contributed by atoms with Gasteiger partial charge >= 0.3 is 5.97 Å². The average Bonchev–Trinajstić information content (AvgIpc) is 2.95. The molecule has 1 aliphatic heterocycles. The van der Waals surface area contributed by atoms with Crippen molar-refractivity contribution in [2.24, 2.45) is 0 Å². The summed E-state index contributed by atoms with van der Waals surface area (Å²) in [5.41, 5.74) is 1.10. The van der Waals surface area contributed by atoms with Crippen molar-refractivity contribution in [3.63, 3.8) is 0 Å². The number of rotatable bonds is 5. The molecule has 1 fully saturated rings. The predicted octanol–water partition coefficient (Wildman–Crippen LogP) is 4.18. The molecular weight excluding hydrogens is 400 g/mol. The van der Waals surface area contributed by atoms with E-state index >= 15 is 0 Å². The fourth-order valence-corrected chi connectivity index (χ4v) is 3.86. The summed E-state index contributed by atoms with van der Waals surface area (Å²) < 4.78 is 5.24. The molecule has 142 valence electrons. The lowest BCUT2D eigenvalue weighted by molar-refractivity contribution is -0.385. The van der Waals surface area contributed by atoms with E-state index in [0.29, 0.717) is 21.1 Å². The predicted molar refractivity (Wildman–Crippen MR) is 111 cm³/mol. The molecule has 0 bridgehead atoms. The zero-order valence-electron chi connectivity index (χ0n) is 14.7. The smallest absolute Gasteiger partial charge is 0.338 e. The molecule has 0 spiro atoms. The molecule has 1 amide bonds. The van der Waals surface area contributed by atoms with Crippen LogP contribution in [0.3, 0.4) is 0 Å². The van der Waals surface area contributed by atoms with Crippen molar-refractivity contribution in [1.29, 1.82) is 0 Å². The molecule has 1 saturated heterocycles. The van der Waals surface area contributed by atoms with Gasteiger partial charge in [0.05, 0.1) is 33.2 Å². The number of esters is 1. The van der Waals surface area contributed by atoms with Crippen LogP contribution in [0.25, 0.3) is 6.08 Å². The van der Waals surface area contributed by atoms with E-state index in [-0.39, 0.29) is 23.1 Å². The molecule has 3 rings (SSSR count). The quantitative estimate of drug-likeness (QED) is 0.238. The van der Waals surface area contributed by atoms with E-state index in [1.54, 1.807) is 49.4 Å². The number of thiocarbonyl (C=S) groups is 1. The number of para-hydroxylation sites is 1. The summed E-state index contributed by atoms with van der Waals surface area (Å²) in [6.45, 7) is 1.99. The van der Waals surface area contributed by atoms with Gasteiger partial charge in [0.1, 0.15) is 0 Å². The Balaban J connectivity index is 1.88. The van der Waals surface area contributed by atoms with E-state index in [1.165, 1.54) is 17.0 Å². The van der Waals surface area contributed by atoms with Crippen LogP contribution in [-0.4, -0.2) is 27.7 Å². The first-order valence-electron chi connectivity index (χ1n) is 8.21. The van der Waals surface area contributed by atoms with Gasteiger partial charge in [0.2, 0.25) is 0 Å². The second-order valence-electron chi connectivity index (χ2n) is 5.60. The van der Waals surface area contributed by atoms with Gasteiger partial charge in [-0.2, -0.15) is 0 Å². The molecule has 0 aliphatic carbocycles. The summed E-state index contributed by atoms with van der Waals surface area (Å²) in [6, 6.07) is 12.5. The molecule has 0 aromatic heterocycles. The zero-order chi connectivity index (χ0) is 20.3.